The second-order valence-electron chi connectivity index (χ2n) is 9.47. The van der Waals surface area contributed by atoms with E-state index in [4.69, 9.17) is 0 Å². The maximum Gasteiger partial charge on any atom is 0.268 e. The highest BCUT2D eigenvalue weighted by Gasteiger charge is 2.31. The number of aromatic nitrogens is 2. The van der Waals surface area contributed by atoms with Crippen molar-refractivity contribution >= 4 is 28.8 Å². The monoisotopic (exact) mass is 438 g/mol. The molecule has 9 heteroatoms. The van der Waals surface area contributed by atoms with E-state index in [0.717, 1.165) is 11.8 Å². The molecule has 0 spiro atoms. The fourth-order valence-corrected chi connectivity index (χ4v) is 3.90. The van der Waals surface area contributed by atoms with Crippen LogP contribution in [-0.4, -0.2) is 46.3 Å². The van der Waals surface area contributed by atoms with E-state index in [2.05, 4.69) is 32.0 Å². The quantitative estimate of drug-likeness (QED) is 0.524. The largest absolute Gasteiger partial charge is 0.356 e. The normalized spacial score (nSPS) is 18.3. The van der Waals surface area contributed by atoms with E-state index in [0.29, 0.717) is 30.7 Å². The zero-order valence-electron chi connectivity index (χ0n) is 18.7. The minimum atomic E-state index is -0.835. The van der Waals surface area contributed by atoms with E-state index in [1.54, 1.807) is 18.3 Å². The number of hydrogen-bond acceptors (Lipinski definition) is 5. The number of hydrogen-bond donors (Lipinski definition) is 4. The van der Waals surface area contributed by atoms with Crippen molar-refractivity contribution in [2.24, 2.45) is 11.3 Å². The Balaban J connectivity index is 1.70. The summed E-state index contributed by atoms with van der Waals surface area (Å²) in [6.45, 7) is 6.56. The van der Waals surface area contributed by atoms with E-state index < -0.39 is 23.9 Å². The number of nitrogens with zero attached hydrogens (tertiary/aromatic N) is 2. The van der Waals surface area contributed by atoms with Crippen LogP contribution in [0.4, 0.5) is 0 Å². The van der Waals surface area contributed by atoms with Gasteiger partial charge in [-0.05, 0) is 49.3 Å². The first-order chi connectivity index (χ1) is 15.2. The highest BCUT2D eigenvalue weighted by atomic mass is 16.2. The van der Waals surface area contributed by atoms with Gasteiger partial charge in [0.2, 0.25) is 11.8 Å². The van der Waals surface area contributed by atoms with Crippen LogP contribution in [0.3, 0.4) is 0 Å². The molecule has 1 aliphatic heterocycles. The number of rotatable bonds is 7. The number of carbonyl (C=O) groups is 3. The molecule has 3 unspecified atom stereocenters. The average molecular weight is 439 g/mol. The van der Waals surface area contributed by atoms with Crippen LogP contribution < -0.4 is 16.0 Å². The number of carbonyl (C=O) groups excluding carboxylic acids is 3. The molecule has 3 heterocycles. The first-order valence-corrected chi connectivity index (χ1v) is 10.9. The molecular weight excluding hydrogens is 408 g/mol. The summed E-state index contributed by atoms with van der Waals surface area (Å²) in [4.78, 5) is 45.1. The van der Waals surface area contributed by atoms with Crippen LogP contribution >= 0.6 is 0 Å². The Morgan fingerprint density at radius 1 is 1.34 bits per heavy atom. The molecule has 0 aromatic carbocycles. The maximum absolute atomic E-state index is 13.1. The Morgan fingerprint density at radius 2 is 2.12 bits per heavy atom. The minimum absolute atomic E-state index is 0.0855. The minimum Gasteiger partial charge on any atom is -0.356 e. The van der Waals surface area contributed by atoms with Crippen molar-refractivity contribution < 1.29 is 14.4 Å². The summed E-state index contributed by atoms with van der Waals surface area (Å²) in [7, 11) is 0. The van der Waals surface area contributed by atoms with Crippen molar-refractivity contribution in [3.05, 3.63) is 30.1 Å². The van der Waals surface area contributed by atoms with Gasteiger partial charge in [0.1, 0.15) is 23.4 Å². The van der Waals surface area contributed by atoms with Gasteiger partial charge in [-0.25, -0.2) is 4.98 Å². The van der Waals surface area contributed by atoms with Crippen molar-refractivity contribution in [1.29, 1.82) is 5.26 Å². The summed E-state index contributed by atoms with van der Waals surface area (Å²) in [6, 6.07) is 5.74. The van der Waals surface area contributed by atoms with Gasteiger partial charge in [0.25, 0.3) is 5.91 Å². The van der Waals surface area contributed by atoms with Crippen molar-refractivity contribution in [3.8, 4) is 6.07 Å². The van der Waals surface area contributed by atoms with E-state index in [1.165, 1.54) is 0 Å². The predicted octanol–water partition coefficient (Wildman–Crippen LogP) is 2.02. The number of nitrogens with one attached hydrogen (secondary N) is 4. The molecule has 2 aromatic rings. The van der Waals surface area contributed by atoms with Crippen LogP contribution in [0.5, 0.6) is 0 Å². The van der Waals surface area contributed by atoms with Gasteiger partial charge in [-0.1, -0.05) is 20.8 Å². The molecule has 1 saturated heterocycles. The van der Waals surface area contributed by atoms with Gasteiger partial charge < -0.3 is 20.9 Å². The second-order valence-corrected chi connectivity index (χ2v) is 9.47. The summed E-state index contributed by atoms with van der Waals surface area (Å²) in [5, 5.41) is 18.7. The molecule has 3 rings (SSSR count). The molecule has 32 heavy (non-hydrogen) atoms. The smallest absolute Gasteiger partial charge is 0.268 e. The Bertz CT molecular complexity index is 999. The lowest BCUT2D eigenvalue weighted by Gasteiger charge is -2.28. The SMILES string of the molecule is CC(C)(C)CC(NC(=O)c1cc2cccnc2[nH]1)C(=O)NC(C#N)CC1CCCNC1=O. The van der Waals surface area contributed by atoms with Crippen molar-refractivity contribution in [1.82, 2.24) is 25.9 Å². The Morgan fingerprint density at radius 3 is 2.78 bits per heavy atom. The van der Waals surface area contributed by atoms with Gasteiger partial charge in [0, 0.05) is 24.0 Å². The molecule has 4 N–H and O–H groups in total. The lowest BCUT2D eigenvalue weighted by molar-refractivity contribution is -0.128. The van der Waals surface area contributed by atoms with Crippen molar-refractivity contribution in [2.45, 2.75) is 58.5 Å². The standard InChI is InChI=1S/C23H30N6O3/c1-23(2,3)12-18(29-21(31)17-11-14-6-4-8-25-19(14)28-17)22(32)27-16(13-24)10-15-7-5-9-26-20(15)30/h4,6,8,11,15-16,18H,5,7,9-10,12H2,1-3H3,(H,25,28)(H,26,30)(H,27,32)(H,29,31). The number of nitriles is 1. The fourth-order valence-electron chi connectivity index (χ4n) is 3.90. The van der Waals surface area contributed by atoms with Crippen LogP contribution in [-0.2, 0) is 9.59 Å². The van der Waals surface area contributed by atoms with Gasteiger partial charge in [-0.15, -0.1) is 0 Å². The number of fused-ring (bicyclic) bond motifs is 1. The molecule has 0 radical (unpaired) electrons. The Kier molecular flexibility index (Phi) is 7.13. The van der Waals surface area contributed by atoms with E-state index >= 15 is 0 Å². The molecule has 1 fully saturated rings. The Hall–Kier alpha value is -3.41. The van der Waals surface area contributed by atoms with Crippen molar-refractivity contribution in [3.63, 3.8) is 0 Å². The zero-order valence-corrected chi connectivity index (χ0v) is 18.7. The molecular formula is C23H30N6O3. The Labute approximate surface area is 187 Å². The third kappa shape index (κ3) is 6.06. The first kappa shape index (κ1) is 23.3. The molecule has 9 nitrogen and oxygen atoms in total. The average Bonchev–Trinajstić information content (AvgIpc) is 3.17. The first-order valence-electron chi connectivity index (χ1n) is 10.9. The summed E-state index contributed by atoms with van der Waals surface area (Å²) >= 11 is 0. The number of H-pyrrole nitrogens is 1. The second kappa shape index (κ2) is 9.81. The summed E-state index contributed by atoms with van der Waals surface area (Å²) < 4.78 is 0. The van der Waals surface area contributed by atoms with Crippen LogP contribution in [0.2, 0.25) is 0 Å². The molecule has 1 aliphatic rings. The molecule has 170 valence electrons. The van der Waals surface area contributed by atoms with Gasteiger partial charge in [0.15, 0.2) is 0 Å². The zero-order chi connectivity index (χ0) is 23.3. The molecule has 3 atom stereocenters. The third-order valence-corrected chi connectivity index (χ3v) is 5.47. The maximum atomic E-state index is 13.1. The fraction of sp³-hybridized carbons (Fsp3) is 0.522. The topological polar surface area (TPSA) is 140 Å². The molecule has 3 amide bonds. The number of pyridine rings is 1. The van der Waals surface area contributed by atoms with Crippen LogP contribution in [0.1, 0.15) is 56.9 Å². The summed E-state index contributed by atoms with van der Waals surface area (Å²) in [5.41, 5.74) is 0.647. The number of aromatic amines is 1. The molecule has 0 bridgehead atoms. The van der Waals surface area contributed by atoms with Gasteiger partial charge >= 0.3 is 0 Å². The number of piperidine rings is 1. The lowest BCUT2D eigenvalue weighted by Crippen LogP contribution is -2.51. The number of amides is 3. The van der Waals surface area contributed by atoms with Crippen LogP contribution in [0, 0.1) is 22.7 Å². The van der Waals surface area contributed by atoms with E-state index in [9.17, 15) is 19.6 Å². The van der Waals surface area contributed by atoms with E-state index in [-0.39, 0.29) is 23.7 Å². The predicted molar refractivity (Wildman–Crippen MR) is 119 cm³/mol. The van der Waals surface area contributed by atoms with Crippen LogP contribution in [0.15, 0.2) is 24.4 Å². The third-order valence-electron chi connectivity index (χ3n) is 5.47. The molecule has 0 aliphatic carbocycles. The summed E-state index contributed by atoms with van der Waals surface area (Å²) in [6.07, 6.45) is 3.80. The molecule has 0 saturated carbocycles. The summed E-state index contributed by atoms with van der Waals surface area (Å²) in [5.74, 6) is -1.25. The molecule has 2 aromatic heterocycles. The van der Waals surface area contributed by atoms with Crippen LogP contribution in [0.25, 0.3) is 11.0 Å². The van der Waals surface area contributed by atoms with E-state index in [1.807, 2.05) is 26.8 Å². The van der Waals surface area contributed by atoms with Gasteiger partial charge in [0.05, 0.1) is 6.07 Å². The van der Waals surface area contributed by atoms with Crippen molar-refractivity contribution in [2.75, 3.05) is 6.54 Å². The van der Waals surface area contributed by atoms with Gasteiger partial charge in [-0.2, -0.15) is 5.26 Å². The highest BCUT2D eigenvalue weighted by Crippen LogP contribution is 2.22. The van der Waals surface area contributed by atoms with Gasteiger partial charge in [-0.3, -0.25) is 14.4 Å². The highest BCUT2D eigenvalue weighted by molar-refractivity contribution is 5.99. The lowest BCUT2D eigenvalue weighted by atomic mass is 9.87.